The molecule has 1 aliphatic carbocycles. The Hall–Kier alpha value is -1.52. The average Bonchev–Trinajstić information content (AvgIpc) is 2.74. The molecule has 0 unspecified atom stereocenters. The molecule has 0 amide bonds. The molecule has 1 N–H and O–H groups in total. The summed E-state index contributed by atoms with van der Waals surface area (Å²) in [5.41, 5.74) is 3.79. The lowest BCUT2D eigenvalue weighted by molar-refractivity contribution is 0.0821. The Morgan fingerprint density at radius 2 is 2.27 bits per heavy atom. The standard InChI is InChI=1S/C18H23NO3/c1-11-8-14(21-3)17-16-13(11)10-19(2)7-6-18(16)5-4-12(20)9-15(18)22-17/h4-5,8,12,15,20H,6-7,9-10H2,1-3H3/t12-,15-,18+/m1/s1. The quantitative estimate of drug-likeness (QED) is 0.807. The normalized spacial score (nSPS) is 32.9. The van der Waals surface area contributed by atoms with Crippen LogP contribution in [0.15, 0.2) is 18.2 Å². The first-order chi connectivity index (χ1) is 10.5. The van der Waals surface area contributed by atoms with Crippen molar-refractivity contribution in [3.8, 4) is 11.5 Å². The number of hydrogen-bond donors (Lipinski definition) is 1. The van der Waals surface area contributed by atoms with Gasteiger partial charge in [-0.2, -0.15) is 0 Å². The van der Waals surface area contributed by atoms with E-state index in [1.54, 1.807) is 7.11 Å². The predicted molar refractivity (Wildman–Crippen MR) is 84.5 cm³/mol. The number of nitrogens with zero attached hydrogens (tertiary/aromatic N) is 1. The molecule has 4 nitrogen and oxygen atoms in total. The van der Waals surface area contributed by atoms with Gasteiger partial charge in [-0.25, -0.2) is 0 Å². The molecule has 3 atom stereocenters. The molecule has 1 aromatic rings. The molecule has 0 saturated carbocycles. The topological polar surface area (TPSA) is 41.9 Å². The fraction of sp³-hybridized carbons (Fsp3) is 0.556. The van der Waals surface area contributed by atoms with Gasteiger partial charge in [0.1, 0.15) is 6.10 Å². The van der Waals surface area contributed by atoms with Crippen molar-refractivity contribution in [3.05, 3.63) is 34.9 Å². The lowest BCUT2D eigenvalue weighted by Gasteiger charge is -2.35. The van der Waals surface area contributed by atoms with Gasteiger partial charge in [-0.15, -0.1) is 0 Å². The van der Waals surface area contributed by atoms with Crippen LogP contribution in [0.25, 0.3) is 0 Å². The van der Waals surface area contributed by atoms with E-state index in [0.29, 0.717) is 6.42 Å². The van der Waals surface area contributed by atoms with Gasteiger partial charge in [0.2, 0.25) is 0 Å². The Labute approximate surface area is 131 Å². The second-order valence-corrected chi connectivity index (χ2v) is 6.88. The van der Waals surface area contributed by atoms with Crippen LogP contribution in [-0.4, -0.2) is 42.9 Å². The first kappa shape index (κ1) is 14.1. The third-order valence-corrected chi connectivity index (χ3v) is 5.50. The number of methoxy groups -OCH3 is 1. The van der Waals surface area contributed by atoms with Gasteiger partial charge < -0.3 is 19.5 Å². The number of benzene rings is 1. The van der Waals surface area contributed by atoms with Gasteiger partial charge in [-0.05, 0) is 44.1 Å². The van der Waals surface area contributed by atoms with Crippen LogP contribution in [0, 0.1) is 6.92 Å². The van der Waals surface area contributed by atoms with Gasteiger partial charge >= 0.3 is 0 Å². The number of hydrogen-bond acceptors (Lipinski definition) is 4. The molecule has 1 aromatic carbocycles. The van der Waals surface area contributed by atoms with Gasteiger partial charge in [0.25, 0.3) is 0 Å². The summed E-state index contributed by atoms with van der Waals surface area (Å²) < 4.78 is 11.9. The van der Waals surface area contributed by atoms with Gasteiger partial charge in [0.15, 0.2) is 11.5 Å². The molecule has 0 fully saturated rings. The zero-order chi connectivity index (χ0) is 15.5. The largest absolute Gasteiger partial charge is 0.493 e. The highest BCUT2D eigenvalue weighted by molar-refractivity contribution is 5.63. The molecule has 0 radical (unpaired) electrons. The van der Waals surface area contributed by atoms with E-state index in [0.717, 1.165) is 31.0 Å². The first-order valence-corrected chi connectivity index (χ1v) is 7.99. The molecule has 2 aliphatic heterocycles. The van der Waals surface area contributed by atoms with Crippen LogP contribution in [0.4, 0.5) is 0 Å². The highest BCUT2D eigenvalue weighted by Crippen LogP contribution is 2.56. The summed E-state index contributed by atoms with van der Waals surface area (Å²) in [6.07, 6.45) is 5.39. The Kier molecular flexibility index (Phi) is 3.03. The van der Waals surface area contributed by atoms with E-state index in [-0.39, 0.29) is 11.5 Å². The molecule has 3 aliphatic rings. The summed E-state index contributed by atoms with van der Waals surface area (Å²) in [7, 11) is 3.87. The zero-order valence-corrected chi connectivity index (χ0v) is 13.4. The molecule has 0 bridgehead atoms. The fourth-order valence-corrected chi connectivity index (χ4v) is 4.30. The van der Waals surface area contributed by atoms with Crippen molar-refractivity contribution >= 4 is 0 Å². The Balaban J connectivity index is 2.00. The summed E-state index contributed by atoms with van der Waals surface area (Å²) in [6, 6.07) is 2.08. The van der Waals surface area contributed by atoms with Crippen molar-refractivity contribution in [1.82, 2.24) is 4.90 Å². The number of aliphatic hydroxyl groups excluding tert-OH is 1. The van der Waals surface area contributed by atoms with E-state index >= 15 is 0 Å². The molecular formula is C18H23NO3. The van der Waals surface area contributed by atoms with Gasteiger partial charge in [-0.1, -0.05) is 12.2 Å². The van der Waals surface area contributed by atoms with Crippen LogP contribution in [0.5, 0.6) is 11.5 Å². The molecular weight excluding hydrogens is 278 g/mol. The highest BCUT2D eigenvalue weighted by atomic mass is 16.5. The Bertz CT molecular complexity index is 654. The maximum Gasteiger partial charge on any atom is 0.166 e. The predicted octanol–water partition coefficient (Wildman–Crippen LogP) is 2.16. The van der Waals surface area contributed by atoms with Crippen molar-refractivity contribution in [3.63, 3.8) is 0 Å². The van der Waals surface area contributed by atoms with E-state index in [1.165, 1.54) is 16.7 Å². The van der Waals surface area contributed by atoms with Crippen LogP contribution in [0.3, 0.4) is 0 Å². The molecule has 118 valence electrons. The number of rotatable bonds is 1. The van der Waals surface area contributed by atoms with E-state index in [2.05, 4.69) is 31.0 Å². The molecule has 22 heavy (non-hydrogen) atoms. The molecule has 0 aromatic heterocycles. The lowest BCUT2D eigenvalue weighted by Crippen LogP contribution is -2.42. The van der Waals surface area contributed by atoms with E-state index < -0.39 is 6.10 Å². The molecule has 4 rings (SSSR count). The van der Waals surface area contributed by atoms with Crippen LogP contribution in [0.1, 0.15) is 29.5 Å². The van der Waals surface area contributed by atoms with Crippen molar-refractivity contribution in [1.29, 1.82) is 0 Å². The summed E-state index contributed by atoms with van der Waals surface area (Å²) in [5.74, 6) is 1.71. The zero-order valence-electron chi connectivity index (χ0n) is 13.4. The second kappa shape index (κ2) is 4.74. The van der Waals surface area contributed by atoms with Gasteiger partial charge in [0, 0.05) is 18.5 Å². The summed E-state index contributed by atoms with van der Waals surface area (Å²) in [4.78, 5) is 2.37. The Morgan fingerprint density at radius 3 is 3.05 bits per heavy atom. The number of aryl methyl sites for hydroxylation is 1. The molecule has 4 heteroatoms. The van der Waals surface area contributed by atoms with Crippen LogP contribution >= 0.6 is 0 Å². The third-order valence-electron chi connectivity index (χ3n) is 5.50. The highest BCUT2D eigenvalue weighted by Gasteiger charge is 2.52. The molecule has 1 spiro atoms. The summed E-state index contributed by atoms with van der Waals surface area (Å²) >= 11 is 0. The number of ether oxygens (including phenoxy) is 2. The van der Waals surface area contributed by atoms with Crippen LogP contribution in [-0.2, 0) is 12.0 Å². The minimum atomic E-state index is -0.415. The van der Waals surface area contributed by atoms with E-state index in [4.69, 9.17) is 9.47 Å². The van der Waals surface area contributed by atoms with Gasteiger partial charge in [-0.3, -0.25) is 0 Å². The maximum atomic E-state index is 10.0. The summed E-state index contributed by atoms with van der Waals surface area (Å²) in [6.45, 7) is 4.11. The van der Waals surface area contributed by atoms with Crippen molar-refractivity contribution in [2.24, 2.45) is 0 Å². The Morgan fingerprint density at radius 1 is 1.45 bits per heavy atom. The molecule has 2 heterocycles. The SMILES string of the molecule is COc1cc(C)c2c3c1O[C@@H]1C[C@H](O)C=C[C@@]31CCN(C)C2. The van der Waals surface area contributed by atoms with Gasteiger partial charge in [0.05, 0.1) is 18.6 Å². The van der Waals surface area contributed by atoms with Crippen molar-refractivity contribution < 1.29 is 14.6 Å². The maximum absolute atomic E-state index is 10.0. The van der Waals surface area contributed by atoms with Crippen molar-refractivity contribution in [2.75, 3.05) is 20.7 Å². The van der Waals surface area contributed by atoms with Crippen LogP contribution in [0.2, 0.25) is 0 Å². The lowest BCUT2D eigenvalue weighted by atomic mass is 9.68. The number of aliphatic hydroxyl groups is 1. The summed E-state index contributed by atoms with van der Waals surface area (Å²) in [5, 5.41) is 10.0. The van der Waals surface area contributed by atoms with E-state index in [1.807, 2.05) is 6.08 Å². The van der Waals surface area contributed by atoms with Crippen molar-refractivity contribution in [2.45, 2.75) is 43.9 Å². The van der Waals surface area contributed by atoms with Crippen LogP contribution < -0.4 is 9.47 Å². The second-order valence-electron chi connectivity index (χ2n) is 6.88. The fourth-order valence-electron chi connectivity index (χ4n) is 4.30. The monoisotopic (exact) mass is 301 g/mol. The smallest absolute Gasteiger partial charge is 0.166 e. The minimum absolute atomic E-state index is 0.00319. The minimum Gasteiger partial charge on any atom is -0.493 e. The average molecular weight is 301 g/mol. The van der Waals surface area contributed by atoms with E-state index in [9.17, 15) is 5.11 Å². The third kappa shape index (κ3) is 1.77. The first-order valence-electron chi connectivity index (χ1n) is 7.99. The molecule has 0 saturated heterocycles.